The van der Waals surface area contributed by atoms with E-state index in [1.54, 1.807) is 10.9 Å². The Kier molecular flexibility index (Phi) is 6.41. The second-order valence-electron chi connectivity index (χ2n) is 6.51. The van der Waals surface area contributed by atoms with E-state index in [4.69, 9.17) is 4.74 Å². The van der Waals surface area contributed by atoms with Gasteiger partial charge in [0.2, 0.25) is 0 Å². The summed E-state index contributed by atoms with van der Waals surface area (Å²) in [7, 11) is 0. The molecule has 0 aliphatic heterocycles. The summed E-state index contributed by atoms with van der Waals surface area (Å²) in [5, 5.41) is 27.2. The highest BCUT2D eigenvalue weighted by Gasteiger charge is 2.21. The van der Waals surface area contributed by atoms with Crippen LogP contribution >= 0.6 is 0 Å². The number of rotatable bonds is 7. The van der Waals surface area contributed by atoms with Crippen LogP contribution in [-0.4, -0.2) is 38.7 Å². The van der Waals surface area contributed by atoms with Crippen molar-refractivity contribution in [2.45, 2.75) is 25.7 Å². The second-order valence-corrected chi connectivity index (χ2v) is 6.51. The van der Waals surface area contributed by atoms with E-state index in [0.717, 1.165) is 16.8 Å². The van der Waals surface area contributed by atoms with E-state index in [1.807, 2.05) is 61.5 Å². The molecule has 1 amide bonds. The van der Waals surface area contributed by atoms with Gasteiger partial charge in [-0.25, -0.2) is 9.48 Å². The summed E-state index contributed by atoms with van der Waals surface area (Å²) < 4.78 is 6.70. The molecule has 28 heavy (non-hydrogen) atoms. The fraction of sp³-hybridized carbons (Fsp3) is 0.238. The lowest BCUT2D eigenvalue weighted by Crippen LogP contribution is -2.35. The predicted octanol–water partition coefficient (Wildman–Crippen LogP) is 2.50. The van der Waals surface area contributed by atoms with Crippen LogP contribution in [0.3, 0.4) is 0 Å². The molecular formula is C21H23N3O4. The standard InChI is InChI=1S/C21H23N3O4/c1-15-6-5-9-18(10-15)24-13-17(11-23-24)20(26)19(25)12-22-21(27)28-14-16-7-3-2-4-8-16/h2-11,13,19-20,25-26H,12,14H2,1H3,(H,22,27). The lowest BCUT2D eigenvalue weighted by Gasteiger charge is -2.17. The fourth-order valence-electron chi connectivity index (χ4n) is 2.70. The third kappa shape index (κ3) is 5.18. The van der Waals surface area contributed by atoms with E-state index in [1.165, 1.54) is 6.20 Å². The first-order valence-electron chi connectivity index (χ1n) is 8.95. The van der Waals surface area contributed by atoms with Gasteiger partial charge in [0.15, 0.2) is 0 Å². The summed E-state index contributed by atoms with van der Waals surface area (Å²) in [5.41, 5.74) is 3.26. The van der Waals surface area contributed by atoms with E-state index >= 15 is 0 Å². The number of aromatic nitrogens is 2. The summed E-state index contributed by atoms with van der Waals surface area (Å²) in [5.74, 6) is 0. The Morgan fingerprint density at radius 3 is 2.71 bits per heavy atom. The van der Waals surface area contributed by atoms with E-state index in [2.05, 4.69) is 10.4 Å². The minimum atomic E-state index is -1.19. The molecule has 2 atom stereocenters. The molecule has 2 unspecified atom stereocenters. The Balaban J connectivity index is 1.50. The van der Waals surface area contributed by atoms with Crippen molar-refractivity contribution >= 4 is 6.09 Å². The van der Waals surface area contributed by atoms with Gasteiger partial charge in [-0.15, -0.1) is 0 Å². The van der Waals surface area contributed by atoms with Gasteiger partial charge in [-0.2, -0.15) is 5.10 Å². The Morgan fingerprint density at radius 1 is 1.18 bits per heavy atom. The average Bonchev–Trinajstić information content (AvgIpc) is 3.21. The van der Waals surface area contributed by atoms with E-state index in [9.17, 15) is 15.0 Å². The molecule has 7 nitrogen and oxygen atoms in total. The number of aliphatic hydroxyl groups is 2. The summed E-state index contributed by atoms with van der Waals surface area (Å²) >= 11 is 0. The van der Waals surface area contributed by atoms with Crippen LogP contribution in [0.15, 0.2) is 67.0 Å². The maximum absolute atomic E-state index is 11.8. The van der Waals surface area contributed by atoms with Crippen molar-refractivity contribution in [2.75, 3.05) is 6.54 Å². The molecule has 0 radical (unpaired) electrons. The number of amides is 1. The van der Waals surface area contributed by atoms with Gasteiger partial charge in [-0.05, 0) is 30.2 Å². The number of ether oxygens (including phenoxy) is 1. The van der Waals surface area contributed by atoms with Crippen LogP contribution < -0.4 is 5.32 Å². The van der Waals surface area contributed by atoms with Crippen molar-refractivity contribution < 1.29 is 19.7 Å². The number of benzene rings is 2. The molecule has 0 spiro atoms. The molecule has 146 valence electrons. The molecule has 7 heteroatoms. The number of aryl methyl sites for hydroxylation is 1. The smallest absolute Gasteiger partial charge is 0.407 e. The molecule has 2 aromatic carbocycles. The molecule has 0 saturated carbocycles. The van der Waals surface area contributed by atoms with Crippen LogP contribution in [0, 0.1) is 6.92 Å². The van der Waals surface area contributed by atoms with Gasteiger partial charge in [0, 0.05) is 18.3 Å². The Hall–Kier alpha value is -3.16. The van der Waals surface area contributed by atoms with Crippen molar-refractivity contribution in [1.29, 1.82) is 0 Å². The minimum Gasteiger partial charge on any atom is -0.445 e. The van der Waals surface area contributed by atoms with Gasteiger partial charge in [-0.3, -0.25) is 0 Å². The van der Waals surface area contributed by atoms with Crippen LogP contribution in [0.4, 0.5) is 4.79 Å². The maximum Gasteiger partial charge on any atom is 0.407 e. The molecule has 1 aromatic heterocycles. The Bertz CT molecular complexity index is 911. The van der Waals surface area contributed by atoms with Gasteiger partial charge in [0.05, 0.1) is 11.9 Å². The topological polar surface area (TPSA) is 96.6 Å². The molecule has 0 aliphatic carbocycles. The quantitative estimate of drug-likeness (QED) is 0.584. The number of alkyl carbamates (subject to hydrolysis) is 1. The normalized spacial score (nSPS) is 13.0. The first-order chi connectivity index (χ1) is 13.5. The summed E-state index contributed by atoms with van der Waals surface area (Å²) in [4.78, 5) is 11.8. The minimum absolute atomic E-state index is 0.134. The second kappa shape index (κ2) is 9.16. The number of hydrogen-bond donors (Lipinski definition) is 3. The van der Waals surface area contributed by atoms with Crippen LogP contribution in [0.25, 0.3) is 5.69 Å². The highest BCUT2D eigenvalue weighted by atomic mass is 16.5. The molecule has 0 fully saturated rings. The summed E-state index contributed by atoms with van der Waals surface area (Å²) in [6, 6.07) is 17.0. The largest absolute Gasteiger partial charge is 0.445 e. The first-order valence-corrected chi connectivity index (χ1v) is 8.95. The first kappa shape index (κ1) is 19.6. The molecule has 0 bridgehead atoms. The number of carbonyl (C=O) groups excluding carboxylic acids is 1. The molecule has 3 rings (SSSR count). The van der Waals surface area contributed by atoms with E-state index in [-0.39, 0.29) is 13.2 Å². The lowest BCUT2D eigenvalue weighted by molar-refractivity contribution is 0.0184. The highest BCUT2D eigenvalue weighted by Crippen LogP contribution is 2.18. The molecular weight excluding hydrogens is 358 g/mol. The van der Waals surface area contributed by atoms with Crippen LogP contribution in [0.2, 0.25) is 0 Å². The Morgan fingerprint density at radius 2 is 1.96 bits per heavy atom. The summed E-state index contributed by atoms with van der Waals surface area (Å²) in [6.07, 6.45) is 0.0957. The van der Waals surface area contributed by atoms with Crippen LogP contribution in [0.1, 0.15) is 22.8 Å². The van der Waals surface area contributed by atoms with E-state index < -0.39 is 18.3 Å². The Labute approximate surface area is 163 Å². The van der Waals surface area contributed by atoms with Gasteiger partial charge >= 0.3 is 6.09 Å². The average molecular weight is 381 g/mol. The zero-order valence-corrected chi connectivity index (χ0v) is 15.5. The van der Waals surface area contributed by atoms with Crippen LogP contribution in [-0.2, 0) is 11.3 Å². The molecule has 1 heterocycles. The third-order valence-corrected chi connectivity index (χ3v) is 4.24. The van der Waals surface area contributed by atoms with Crippen molar-refractivity contribution in [2.24, 2.45) is 0 Å². The SMILES string of the molecule is Cc1cccc(-n2cc(C(O)C(O)CNC(=O)OCc3ccccc3)cn2)c1. The number of nitrogens with one attached hydrogen (secondary N) is 1. The lowest BCUT2D eigenvalue weighted by atomic mass is 10.1. The van der Waals surface area contributed by atoms with Gasteiger partial charge in [-0.1, -0.05) is 42.5 Å². The molecule has 3 aromatic rings. The van der Waals surface area contributed by atoms with Crippen molar-refractivity contribution in [3.8, 4) is 5.69 Å². The number of nitrogens with zero attached hydrogens (tertiary/aromatic N) is 2. The number of hydrogen-bond acceptors (Lipinski definition) is 5. The van der Waals surface area contributed by atoms with Crippen molar-refractivity contribution in [1.82, 2.24) is 15.1 Å². The fourth-order valence-corrected chi connectivity index (χ4v) is 2.70. The molecule has 0 aliphatic rings. The van der Waals surface area contributed by atoms with Gasteiger partial charge < -0.3 is 20.3 Å². The molecule has 0 saturated heterocycles. The van der Waals surface area contributed by atoms with Crippen molar-refractivity contribution in [3.63, 3.8) is 0 Å². The summed E-state index contributed by atoms with van der Waals surface area (Å²) in [6.45, 7) is 1.97. The number of carbonyl (C=O) groups is 1. The monoisotopic (exact) mass is 381 g/mol. The highest BCUT2D eigenvalue weighted by molar-refractivity contribution is 5.67. The van der Waals surface area contributed by atoms with Gasteiger partial charge in [0.25, 0.3) is 0 Å². The molecule has 3 N–H and O–H groups in total. The maximum atomic E-state index is 11.8. The van der Waals surface area contributed by atoms with Gasteiger partial charge in [0.1, 0.15) is 18.8 Å². The zero-order chi connectivity index (χ0) is 19.9. The van der Waals surface area contributed by atoms with Crippen molar-refractivity contribution in [3.05, 3.63) is 83.7 Å². The zero-order valence-electron chi connectivity index (χ0n) is 15.5. The van der Waals surface area contributed by atoms with E-state index in [0.29, 0.717) is 5.56 Å². The van der Waals surface area contributed by atoms with Crippen LogP contribution in [0.5, 0.6) is 0 Å². The number of aliphatic hydroxyl groups excluding tert-OH is 2. The predicted molar refractivity (Wildman–Crippen MR) is 104 cm³/mol. The third-order valence-electron chi connectivity index (χ3n) is 4.24.